The monoisotopic (exact) mass is 422 g/mol. The van der Waals surface area contributed by atoms with E-state index in [1.54, 1.807) is 0 Å². The van der Waals surface area contributed by atoms with E-state index in [-0.39, 0.29) is 5.54 Å². The molecular weight excluding hydrogens is 380 g/mol. The molecule has 0 radical (unpaired) electrons. The molecule has 2 aliphatic carbocycles. The first kappa shape index (κ1) is 21.6. The lowest BCUT2D eigenvalue weighted by Gasteiger charge is -2.52. The molecule has 6 aliphatic rings. The summed E-state index contributed by atoms with van der Waals surface area (Å²) in [7, 11) is 0. The van der Waals surface area contributed by atoms with E-state index in [1.165, 1.54) is 57.8 Å². The molecule has 6 nitrogen and oxygen atoms in total. The van der Waals surface area contributed by atoms with Gasteiger partial charge in [-0.15, -0.1) is 0 Å². The van der Waals surface area contributed by atoms with Crippen molar-refractivity contribution in [3.63, 3.8) is 0 Å². The molecule has 0 aromatic carbocycles. The summed E-state index contributed by atoms with van der Waals surface area (Å²) >= 11 is 0. The Hall–Kier alpha value is -0.240. The summed E-state index contributed by atoms with van der Waals surface area (Å²) in [4.78, 5) is 2.50. The highest BCUT2D eigenvalue weighted by Gasteiger charge is 2.46. The van der Waals surface area contributed by atoms with Crippen molar-refractivity contribution >= 4 is 0 Å². The quantitative estimate of drug-likeness (QED) is 0.648. The normalized spacial score (nSPS) is 44.6. The van der Waals surface area contributed by atoms with Crippen molar-refractivity contribution in [2.75, 3.05) is 52.9 Å². The molecule has 1 spiro atoms. The zero-order valence-corrected chi connectivity index (χ0v) is 18.7. The maximum atomic E-state index is 6.61. The van der Waals surface area contributed by atoms with E-state index < -0.39 is 0 Å². The number of piperidine rings is 1. The molecule has 4 atom stereocenters. The SMILES string of the molecule is C1CC2CC(C1)C1CCC(CC1)OC[C@H]1N(CCC[C@]13COCCN3)COCCO2. The van der Waals surface area contributed by atoms with Gasteiger partial charge in [0.05, 0.1) is 63.6 Å². The highest BCUT2D eigenvalue weighted by atomic mass is 16.5. The topological polar surface area (TPSA) is 52.2 Å². The Balaban J connectivity index is 1.28. The van der Waals surface area contributed by atoms with Crippen LogP contribution in [-0.4, -0.2) is 81.5 Å². The molecule has 4 saturated heterocycles. The minimum absolute atomic E-state index is 0.00995. The predicted molar refractivity (Wildman–Crippen MR) is 115 cm³/mol. The van der Waals surface area contributed by atoms with Crippen LogP contribution < -0.4 is 5.32 Å². The minimum Gasteiger partial charge on any atom is -0.378 e. The van der Waals surface area contributed by atoms with Crippen LogP contribution in [0.15, 0.2) is 0 Å². The number of rotatable bonds is 0. The van der Waals surface area contributed by atoms with E-state index in [9.17, 15) is 0 Å². The van der Waals surface area contributed by atoms with Crippen molar-refractivity contribution in [2.24, 2.45) is 11.8 Å². The Kier molecular flexibility index (Phi) is 7.30. The molecule has 6 fully saturated rings. The molecule has 4 aliphatic heterocycles. The van der Waals surface area contributed by atoms with Gasteiger partial charge in [-0.3, -0.25) is 4.90 Å². The smallest absolute Gasteiger partial charge is 0.0995 e. The zero-order valence-electron chi connectivity index (χ0n) is 18.7. The van der Waals surface area contributed by atoms with Crippen LogP contribution in [0.2, 0.25) is 0 Å². The summed E-state index contributed by atoms with van der Waals surface area (Å²) < 4.78 is 24.9. The number of morpholine rings is 1. The van der Waals surface area contributed by atoms with Crippen LogP contribution in [0, 0.1) is 11.8 Å². The second-order valence-corrected chi connectivity index (χ2v) is 10.4. The van der Waals surface area contributed by atoms with Gasteiger partial charge in [0.2, 0.25) is 0 Å². The van der Waals surface area contributed by atoms with Crippen molar-refractivity contribution in [3.8, 4) is 0 Å². The molecule has 4 heterocycles. The zero-order chi connectivity index (χ0) is 20.2. The maximum absolute atomic E-state index is 6.61. The van der Waals surface area contributed by atoms with Gasteiger partial charge in [-0.2, -0.15) is 0 Å². The average molecular weight is 423 g/mol. The first-order valence-corrected chi connectivity index (χ1v) is 12.7. The minimum atomic E-state index is 0.00995. The van der Waals surface area contributed by atoms with Gasteiger partial charge in [0.15, 0.2) is 0 Å². The predicted octanol–water partition coefficient (Wildman–Crippen LogP) is 2.95. The molecule has 2 saturated carbocycles. The third kappa shape index (κ3) is 4.89. The number of nitrogens with zero attached hydrogens (tertiary/aromatic N) is 1. The van der Waals surface area contributed by atoms with E-state index in [0.29, 0.717) is 31.6 Å². The Morgan fingerprint density at radius 2 is 1.73 bits per heavy atom. The number of ether oxygens (including phenoxy) is 4. The lowest BCUT2D eigenvalue weighted by molar-refractivity contribution is -0.126. The van der Waals surface area contributed by atoms with Crippen LogP contribution in [0.25, 0.3) is 0 Å². The van der Waals surface area contributed by atoms with Crippen molar-refractivity contribution in [3.05, 3.63) is 0 Å². The lowest BCUT2D eigenvalue weighted by atomic mass is 9.72. The Bertz CT molecular complexity index is 528. The van der Waals surface area contributed by atoms with Gasteiger partial charge in [-0.25, -0.2) is 0 Å². The third-order valence-electron chi connectivity index (χ3n) is 8.61. The van der Waals surface area contributed by atoms with Gasteiger partial charge in [0.25, 0.3) is 0 Å². The Morgan fingerprint density at radius 1 is 0.800 bits per heavy atom. The van der Waals surface area contributed by atoms with Gasteiger partial charge in [0.1, 0.15) is 0 Å². The van der Waals surface area contributed by atoms with Crippen LogP contribution in [0.4, 0.5) is 0 Å². The summed E-state index contributed by atoms with van der Waals surface area (Å²) in [6.07, 6.45) is 13.6. The molecule has 172 valence electrons. The molecule has 0 aromatic heterocycles. The van der Waals surface area contributed by atoms with Crippen molar-refractivity contribution in [1.82, 2.24) is 10.2 Å². The van der Waals surface area contributed by atoms with Gasteiger partial charge < -0.3 is 24.3 Å². The fourth-order valence-electron chi connectivity index (χ4n) is 6.91. The molecule has 6 rings (SSSR count). The highest BCUT2D eigenvalue weighted by Crippen LogP contribution is 2.40. The second-order valence-electron chi connectivity index (χ2n) is 10.4. The van der Waals surface area contributed by atoms with Crippen molar-refractivity contribution < 1.29 is 18.9 Å². The van der Waals surface area contributed by atoms with E-state index in [4.69, 9.17) is 18.9 Å². The van der Waals surface area contributed by atoms with Crippen LogP contribution in [0.1, 0.15) is 64.2 Å². The second kappa shape index (κ2) is 10.1. The summed E-state index contributed by atoms with van der Waals surface area (Å²) in [6, 6.07) is 0.317. The van der Waals surface area contributed by atoms with Gasteiger partial charge in [-0.05, 0) is 69.6 Å². The molecular formula is C24H42N2O4. The number of hydrogen-bond donors (Lipinski definition) is 1. The largest absolute Gasteiger partial charge is 0.378 e. The van der Waals surface area contributed by atoms with E-state index in [0.717, 1.165) is 57.8 Å². The highest BCUT2D eigenvalue weighted by molar-refractivity contribution is 5.04. The molecule has 6 heteroatoms. The van der Waals surface area contributed by atoms with Crippen LogP contribution in [0.3, 0.4) is 0 Å². The molecule has 30 heavy (non-hydrogen) atoms. The molecule has 0 aromatic rings. The van der Waals surface area contributed by atoms with Gasteiger partial charge in [-0.1, -0.05) is 6.42 Å². The number of hydrogen-bond acceptors (Lipinski definition) is 6. The van der Waals surface area contributed by atoms with E-state index in [2.05, 4.69) is 10.2 Å². The fraction of sp³-hybridized carbons (Fsp3) is 1.00. The molecule has 0 amide bonds. The number of nitrogens with one attached hydrogen (secondary N) is 1. The summed E-state index contributed by atoms with van der Waals surface area (Å²) in [5.41, 5.74) is 0.00995. The van der Waals surface area contributed by atoms with Crippen LogP contribution in [-0.2, 0) is 18.9 Å². The summed E-state index contributed by atoms with van der Waals surface area (Å²) in [6.45, 7) is 6.49. The average Bonchev–Trinajstić information content (AvgIpc) is 2.79. The fourth-order valence-corrected chi connectivity index (χ4v) is 6.91. The summed E-state index contributed by atoms with van der Waals surface area (Å²) in [5.74, 6) is 1.74. The Morgan fingerprint density at radius 3 is 2.60 bits per heavy atom. The molecule has 4 bridgehead atoms. The van der Waals surface area contributed by atoms with Crippen LogP contribution >= 0.6 is 0 Å². The van der Waals surface area contributed by atoms with E-state index in [1.807, 2.05) is 0 Å². The molecule has 1 N–H and O–H groups in total. The van der Waals surface area contributed by atoms with Gasteiger partial charge >= 0.3 is 0 Å². The van der Waals surface area contributed by atoms with Crippen LogP contribution in [0.5, 0.6) is 0 Å². The van der Waals surface area contributed by atoms with Crippen molar-refractivity contribution in [2.45, 2.75) is 88.0 Å². The third-order valence-corrected chi connectivity index (χ3v) is 8.61. The number of fused-ring (bicyclic) bond motifs is 7. The first-order valence-electron chi connectivity index (χ1n) is 12.7. The van der Waals surface area contributed by atoms with E-state index >= 15 is 0 Å². The lowest BCUT2D eigenvalue weighted by Crippen LogP contribution is -2.70. The Labute approximate surface area is 182 Å². The molecule has 2 unspecified atom stereocenters. The van der Waals surface area contributed by atoms with Crippen molar-refractivity contribution in [1.29, 1.82) is 0 Å². The van der Waals surface area contributed by atoms with Gasteiger partial charge in [0, 0.05) is 13.1 Å². The standard InChI is InChI=1S/C24H42N2O4/c1-3-20-15-22(4-1)29-14-13-28-18-26-11-2-9-24(17-27-12-10-25-24)23(26)16-30-21-7-5-19(20)6-8-21/h19-23,25H,1-18H2/t19?,20?,21?,22?,23-,24+/m1/s1. The summed E-state index contributed by atoms with van der Waals surface area (Å²) in [5, 5.41) is 3.83. The maximum Gasteiger partial charge on any atom is 0.0995 e. The first-order chi connectivity index (χ1) is 14.8.